The molecule has 0 amide bonds. The molecule has 0 spiro atoms. The Morgan fingerprint density at radius 3 is 2.58 bits per heavy atom. The first-order valence-corrected chi connectivity index (χ1v) is 10.8. The summed E-state index contributed by atoms with van der Waals surface area (Å²) in [5, 5.41) is 5.00. The molecule has 2 heterocycles. The van der Waals surface area contributed by atoms with Gasteiger partial charge in [-0.1, -0.05) is 41.9 Å². The molecule has 0 saturated carbocycles. The fraction of sp³-hybridized carbons (Fsp3) is 0.208. The highest BCUT2D eigenvalue weighted by molar-refractivity contribution is 9.10. The van der Waals surface area contributed by atoms with Gasteiger partial charge < -0.3 is 4.57 Å². The van der Waals surface area contributed by atoms with Gasteiger partial charge in [-0.05, 0) is 50.2 Å². The van der Waals surface area contributed by atoms with Crippen molar-refractivity contribution < 1.29 is 4.39 Å². The van der Waals surface area contributed by atoms with E-state index in [4.69, 9.17) is 0 Å². The van der Waals surface area contributed by atoms with Crippen molar-refractivity contribution in [3.8, 4) is 5.69 Å². The summed E-state index contributed by atoms with van der Waals surface area (Å²) in [5.74, 6) is 0.290. The molecule has 0 bridgehead atoms. The van der Waals surface area contributed by atoms with Gasteiger partial charge in [-0.3, -0.25) is 4.79 Å². The van der Waals surface area contributed by atoms with Crippen LogP contribution in [0.25, 0.3) is 16.6 Å². The van der Waals surface area contributed by atoms with Crippen molar-refractivity contribution in [1.82, 2.24) is 14.2 Å². The molecule has 0 radical (unpaired) electrons. The maximum Gasteiger partial charge on any atom is 0.282 e. The van der Waals surface area contributed by atoms with Crippen LogP contribution in [0.4, 0.5) is 4.39 Å². The van der Waals surface area contributed by atoms with E-state index < -0.39 is 0 Å². The molecular weight excluding hydrogens is 459 g/mol. The average molecular weight is 481 g/mol. The van der Waals surface area contributed by atoms with Gasteiger partial charge in [0.15, 0.2) is 0 Å². The third-order valence-electron chi connectivity index (χ3n) is 5.23. The van der Waals surface area contributed by atoms with Gasteiger partial charge in [-0.25, -0.2) is 9.37 Å². The summed E-state index contributed by atoms with van der Waals surface area (Å²) in [5.41, 5.74) is 3.41. The van der Waals surface area contributed by atoms with Crippen molar-refractivity contribution in [3.05, 3.63) is 92.0 Å². The van der Waals surface area contributed by atoms with Crippen LogP contribution < -0.4 is 5.56 Å². The minimum absolute atomic E-state index is 0.00347. The van der Waals surface area contributed by atoms with Crippen LogP contribution in [0.1, 0.15) is 42.5 Å². The number of hydrogen-bond donors (Lipinski definition) is 0. The highest BCUT2D eigenvalue weighted by Gasteiger charge is 2.15. The van der Waals surface area contributed by atoms with Crippen LogP contribution >= 0.6 is 15.9 Å². The monoisotopic (exact) mass is 480 g/mol. The molecule has 0 atom stereocenters. The summed E-state index contributed by atoms with van der Waals surface area (Å²) in [4.78, 5) is 17.9. The Labute approximate surface area is 188 Å². The largest absolute Gasteiger partial charge is 0.315 e. The second-order valence-electron chi connectivity index (χ2n) is 7.76. The van der Waals surface area contributed by atoms with E-state index in [1.807, 2.05) is 50.5 Å². The van der Waals surface area contributed by atoms with Crippen molar-refractivity contribution in [3.63, 3.8) is 0 Å². The summed E-state index contributed by atoms with van der Waals surface area (Å²) < 4.78 is 18.4. The molecule has 4 aromatic rings. The maximum atomic E-state index is 14.4. The van der Waals surface area contributed by atoms with E-state index in [0.717, 1.165) is 21.4 Å². The van der Waals surface area contributed by atoms with Gasteiger partial charge in [0, 0.05) is 27.3 Å². The van der Waals surface area contributed by atoms with E-state index in [1.54, 1.807) is 30.5 Å². The topological polar surface area (TPSA) is 52.2 Å². The van der Waals surface area contributed by atoms with Crippen molar-refractivity contribution >= 4 is 33.0 Å². The van der Waals surface area contributed by atoms with Crippen LogP contribution in [0.3, 0.4) is 0 Å². The Bertz CT molecular complexity index is 1380. The lowest BCUT2D eigenvalue weighted by Crippen LogP contribution is -2.23. The average Bonchev–Trinajstić information content (AvgIpc) is 3.01. The summed E-state index contributed by atoms with van der Waals surface area (Å²) in [6, 6.07) is 14.0. The van der Waals surface area contributed by atoms with Gasteiger partial charge in [0.2, 0.25) is 0 Å². The van der Waals surface area contributed by atoms with E-state index >= 15 is 0 Å². The van der Waals surface area contributed by atoms with E-state index in [-0.39, 0.29) is 17.3 Å². The molecule has 0 unspecified atom stereocenters. The zero-order valence-corrected chi connectivity index (χ0v) is 19.3. The number of fused-ring (bicyclic) bond motifs is 1. The first-order valence-electron chi connectivity index (χ1n) is 9.98. The fourth-order valence-corrected chi connectivity index (χ4v) is 4.05. The first-order chi connectivity index (χ1) is 14.8. The summed E-state index contributed by atoms with van der Waals surface area (Å²) >= 11 is 3.41. The minimum atomic E-state index is -0.296. The van der Waals surface area contributed by atoms with Gasteiger partial charge in [-0.2, -0.15) is 9.78 Å². The number of para-hydroxylation sites is 1. The van der Waals surface area contributed by atoms with Crippen LogP contribution in [0.5, 0.6) is 0 Å². The minimum Gasteiger partial charge on any atom is -0.315 e. The lowest BCUT2D eigenvalue weighted by molar-refractivity contribution is 0.616. The molecule has 0 saturated heterocycles. The summed E-state index contributed by atoms with van der Waals surface area (Å²) in [7, 11) is 0. The second kappa shape index (κ2) is 8.23. The van der Waals surface area contributed by atoms with E-state index in [2.05, 4.69) is 26.0 Å². The zero-order chi connectivity index (χ0) is 22.3. The third kappa shape index (κ3) is 3.85. The number of hydrogen-bond acceptors (Lipinski definition) is 3. The molecule has 7 heteroatoms. The zero-order valence-electron chi connectivity index (χ0n) is 17.7. The highest BCUT2D eigenvalue weighted by atomic mass is 79.9. The molecule has 2 aromatic heterocycles. The lowest BCUT2D eigenvalue weighted by Gasteiger charge is -2.12. The maximum absolute atomic E-state index is 14.4. The molecular formula is C24H22BrFN4O. The van der Waals surface area contributed by atoms with Crippen LogP contribution in [-0.2, 0) is 0 Å². The normalized spacial score (nSPS) is 11.8. The second-order valence-corrected chi connectivity index (χ2v) is 8.68. The van der Waals surface area contributed by atoms with E-state index in [1.165, 1.54) is 10.7 Å². The van der Waals surface area contributed by atoms with E-state index in [9.17, 15) is 9.18 Å². The van der Waals surface area contributed by atoms with Gasteiger partial charge in [0.25, 0.3) is 5.56 Å². The third-order valence-corrected chi connectivity index (χ3v) is 5.72. The Kier molecular flexibility index (Phi) is 5.62. The molecule has 158 valence electrons. The number of aryl methyl sites for hydroxylation is 1. The Hall–Kier alpha value is -3.06. The quantitative estimate of drug-likeness (QED) is 0.351. The molecule has 0 aliphatic heterocycles. The Balaban J connectivity index is 1.85. The number of halogens is 2. The molecule has 0 aliphatic rings. The van der Waals surface area contributed by atoms with Crippen LogP contribution in [0.2, 0.25) is 0 Å². The van der Waals surface area contributed by atoms with Crippen LogP contribution in [-0.4, -0.2) is 20.4 Å². The van der Waals surface area contributed by atoms with Gasteiger partial charge in [0.1, 0.15) is 11.6 Å². The van der Waals surface area contributed by atoms with Gasteiger partial charge >= 0.3 is 0 Å². The standard InChI is InChI=1S/C24H22BrFN4O/c1-14(2)23-28-21-10-9-18(25)12-19(21)24(31)30(23)27-13-17-11-15(3)29(16(17)4)22-8-6-5-7-20(22)26/h5-14H,1-4H3. The first kappa shape index (κ1) is 21.2. The fourth-order valence-electron chi connectivity index (χ4n) is 3.69. The number of nitrogens with zero attached hydrogens (tertiary/aromatic N) is 4. The molecule has 0 N–H and O–H groups in total. The van der Waals surface area contributed by atoms with E-state index in [0.29, 0.717) is 22.4 Å². The molecule has 31 heavy (non-hydrogen) atoms. The molecule has 0 aliphatic carbocycles. The molecule has 4 rings (SSSR count). The predicted molar refractivity (Wildman–Crippen MR) is 126 cm³/mol. The highest BCUT2D eigenvalue weighted by Crippen LogP contribution is 2.22. The summed E-state index contributed by atoms with van der Waals surface area (Å²) in [6.45, 7) is 7.77. The van der Waals surface area contributed by atoms with Crippen molar-refractivity contribution in [2.24, 2.45) is 5.10 Å². The van der Waals surface area contributed by atoms with Crippen molar-refractivity contribution in [2.75, 3.05) is 0 Å². The lowest BCUT2D eigenvalue weighted by atomic mass is 10.2. The molecule has 5 nitrogen and oxygen atoms in total. The Morgan fingerprint density at radius 1 is 1.13 bits per heavy atom. The van der Waals surface area contributed by atoms with Crippen LogP contribution in [0.15, 0.2) is 62.9 Å². The smallest absolute Gasteiger partial charge is 0.282 e. The van der Waals surface area contributed by atoms with Crippen LogP contribution in [0, 0.1) is 19.7 Å². The van der Waals surface area contributed by atoms with Crippen molar-refractivity contribution in [1.29, 1.82) is 0 Å². The molecule has 2 aromatic carbocycles. The SMILES string of the molecule is Cc1cc(C=Nn2c(C(C)C)nc3ccc(Br)cc3c2=O)c(C)n1-c1ccccc1F. The number of aromatic nitrogens is 3. The predicted octanol–water partition coefficient (Wildman–Crippen LogP) is 5.71. The number of rotatable bonds is 4. The van der Waals surface area contributed by atoms with Gasteiger partial charge in [0.05, 0.1) is 22.8 Å². The van der Waals surface area contributed by atoms with Gasteiger partial charge in [-0.15, -0.1) is 0 Å². The summed E-state index contributed by atoms with van der Waals surface area (Å²) in [6.07, 6.45) is 1.64. The number of benzene rings is 2. The van der Waals surface area contributed by atoms with Crippen molar-refractivity contribution in [2.45, 2.75) is 33.6 Å². The Morgan fingerprint density at radius 2 is 1.87 bits per heavy atom. The molecule has 0 fully saturated rings.